The van der Waals surface area contributed by atoms with Crippen LogP contribution < -0.4 is 0 Å². The van der Waals surface area contributed by atoms with Gasteiger partial charge < -0.3 is 9.84 Å². The van der Waals surface area contributed by atoms with Crippen molar-refractivity contribution in [1.29, 1.82) is 0 Å². The Morgan fingerprint density at radius 3 is 2.62 bits per heavy atom. The quantitative estimate of drug-likeness (QED) is 0.784. The second kappa shape index (κ2) is 7.68. The van der Waals surface area contributed by atoms with E-state index in [9.17, 15) is 14.7 Å². The SMILES string of the molecule is CC(C)(C)OC(=O)C[C@@H](CCCc1c#cccc1)C(=O)O. The molecule has 1 aromatic carbocycles. The Morgan fingerprint density at radius 1 is 1.38 bits per heavy atom. The Labute approximate surface area is 126 Å². The highest BCUT2D eigenvalue weighted by atomic mass is 16.6. The van der Waals surface area contributed by atoms with Gasteiger partial charge >= 0.3 is 11.9 Å². The molecule has 0 amide bonds. The maximum atomic E-state index is 11.7. The van der Waals surface area contributed by atoms with Crippen molar-refractivity contribution in [2.24, 2.45) is 5.92 Å². The van der Waals surface area contributed by atoms with E-state index in [2.05, 4.69) is 12.1 Å². The van der Waals surface area contributed by atoms with Crippen molar-refractivity contribution in [3.05, 3.63) is 35.9 Å². The predicted octanol–water partition coefficient (Wildman–Crippen LogP) is 3.04. The average Bonchev–Trinajstić information content (AvgIpc) is 2.36. The van der Waals surface area contributed by atoms with E-state index in [0.29, 0.717) is 12.8 Å². The number of rotatable bonds is 7. The molecular formula is C17H22O4. The zero-order valence-corrected chi connectivity index (χ0v) is 12.8. The molecule has 0 aromatic heterocycles. The predicted molar refractivity (Wildman–Crippen MR) is 78.6 cm³/mol. The van der Waals surface area contributed by atoms with Gasteiger partial charge in [-0.2, -0.15) is 0 Å². The molecule has 1 atom stereocenters. The molecule has 0 spiro atoms. The minimum Gasteiger partial charge on any atom is -0.481 e. The number of carbonyl (C=O) groups is 2. The molecule has 0 heterocycles. The van der Waals surface area contributed by atoms with Crippen LogP contribution in [0, 0.1) is 18.1 Å². The molecule has 21 heavy (non-hydrogen) atoms. The van der Waals surface area contributed by atoms with E-state index in [0.717, 1.165) is 12.0 Å². The van der Waals surface area contributed by atoms with E-state index in [4.69, 9.17) is 4.74 Å². The Kier molecular flexibility index (Phi) is 6.23. The van der Waals surface area contributed by atoms with Crippen LogP contribution >= 0.6 is 0 Å². The molecule has 1 rings (SSSR count). The number of ether oxygens (including phenoxy) is 1. The average molecular weight is 290 g/mol. The van der Waals surface area contributed by atoms with Gasteiger partial charge in [0.1, 0.15) is 5.60 Å². The van der Waals surface area contributed by atoms with Crippen molar-refractivity contribution in [2.45, 2.75) is 52.1 Å². The monoisotopic (exact) mass is 290 g/mol. The van der Waals surface area contributed by atoms with Crippen LogP contribution in [0.5, 0.6) is 0 Å². The summed E-state index contributed by atoms with van der Waals surface area (Å²) < 4.78 is 5.17. The summed E-state index contributed by atoms with van der Waals surface area (Å²) in [6.07, 6.45) is 1.78. The lowest BCUT2D eigenvalue weighted by Crippen LogP contribution is -2.27. The van der Waals surface area contributed by atoms with Gasteiger partial charge in [0.25, 0.3) is 0 Å². The molecule has 114 valence electrons. The number of carboxylic acid groups (broad SMARTS) is 1. The molecule has 0 bridgehead atoms. The summed E-state index contributed by atoms with van der Waals surface area (Å²) in [5.41, 5.74) is 0.411. The Morgan fingerprint density at radius 2 is 2.10 bits per heavy atom. The fourth-order valence-corrected chi connectivity index (χ4v) is 1.97. The summed E-state index contributed by atoms with van der Waals surface area (Å²) in [5.74, 6) is -2.12. The molecule has 0 saturated heterocycles. The summed E-state index contributed by atoms with van der Waals surface area (Å²) in [7, 11) is 0. The van der Waals surface area contributed by atoms with E-state index in [1.54, 1.807) is 26.8 Å². The molecule has 0 saturated carbocycles. The zero-order valence-electron chi connectivity index (χ0n) is 12.8. The second-order valence-electron chi connectivity index (χ2n) is 6.04. The van der Waals surface area contributed by atoms with Crippen LogP contribution in [0.2, 0.25) is 0 Å². The number of carbonyl (C=O) groups excluding carboxylic acids is 1. The van der Waals surface area contributed by atoms with Crippen LogP contribution in [-0.4, -0.2) is 22.6 Å². The van der Waals surface area contributed by atoms with Crippen LogP contribution in [0.4, 0.5) is 0 Å². The molecule has 0 aliphatic rings. The highest BCUT2D eigenvalue weighted by molar-refractivity contribution is 5.78. The van der Waals surface area contributed by atoms with Crippen LogP contribution in [0.3, 0.4) is 0 Å². The molecule has 4 heteroatoms. The molecule has 4 nitrogen and oxygen atoms in total. The maximum Gasteiger partial charge on any atom is 0.307 e. The topological polar surface area (TPSA) is 63.6 Å². The first-order valence-corrected chi connectivity index (χ1v) is 7.10. The molecule has 0 aliphatic carbocycles. The van der Waals surface area contributed by atoms with Crippen LogP contribution in [0.25, 0.3) is 0 Å². The van der Waals surface area contributed by atoms with Gasteiger partial charge in [0.2, 0.25) is 0 Å². The third-order valence-corrected chi connectivity index (χ3v) is 2.89. The van der Waals surface area contributed by atoms with E-state index >= 15 is 0 Å². The smallest absolute Gasteiger partial charge is 0.307 e. The number of esters is 1. The van der Waals surface area contributed by atoms with Crippen molar-refractivity contribution < 1.29 is 19.4 Å². The lowest BCUT2D eigenvalue weighted by molar-refractivity contribution is -0.160. The van der Waals surface area contributed by atoms with Gasteiger partial charge in [0.15, 0.2) is 0 Å². The molecule has 0 aliphatic heterocycles. The molecule has 0 radical (unpaired) electrons. The van der Waals surface area contributed by atoms with E-state index in [-0.39, 0.29) is 6.42 Å². The number of carboxylic acids is 1. The lowest BCUT2D eigenvalue weighted by Gasteiger charge is -2.21. The standard InChI is InChI=1S/C17H22O4/c1-17(2,3)21-15(18)12-14(16(19)20)11-7-10-13-8-5-4-6-9-13/h4-5,8,14H,7,10-12H2,1-3H3,(H,19,20)/t14-/m1/s1. The van der Waals surface area contributed by atoms with Crippen molar-refractivity contribution in [3.8, 4) is 0 Å². The van der Waals surface area contributed by atoms with E-state index < -0.39 is 23.5 Å². The fraction of sp³-hybridized carbons (Fsp3) is 0.529. The maximum absolute atomic E-state index is 11.7. The molecule has 1 N–H and O–H groups in total. The van der Waals surface area contributed by atoms with Gasteiger partial charge in [0, 0.05) is 5.56 Å². The number of aliphatic carboxylic acids is 1. The Balaban J connectivity index is 2.43. The van der Waals surface area contributed by atoms with Gasteiger partial charge in [-0.3, -0.25) is 9.59 Å². The van der Waals surface area contributed by atoms with Gasteiger partial charge in [-0.05, 0) is 46.1 Å². The Hall–Kier alpha value is -2.02. The van der Waals surface area contributed by atoms with E-state index in [1.165, 1.54) is 0 Å². The van der Waals surface area contributed by atoms with Crippen molar-refractivity contribution in [2.75, 3.05) is 0 Å². The number of hydrogen-bond donors (Lipinski definition) is 1. The zero-order chi connectivity index (χ0) is 15.9. The summed E-state index contributed by atoms with van der Waals surface area (Å²) in [6.45, 7) is 5.30. The fourth-order valence-electron chi connectivity index (χ4n) is 1.97. The summed E-state index contributed by atoms with van der Waals surface area (Å²) >= 11 is 0. The summed E-state index contributed by atoms with van der Waals surface area (Å²) in [5, 5.41) is 9.20. The summed E-state index contributed by atoms with van der Waals surface area (Å²) in [4.78, 5) is 22.9. The van der Waals surface area contributed by atoms with E-state index in [1.807, 2.05) is 12.1 Å². The van der Waals surface area contributed by atoms with Gasteiger partial charge in [-0.25, -0.2) is 0 Å². The van der Waals surface area contributed by atoms with Crippen LogP contribution in [-0.2, 0) is 20.7 Å². The first-order chi connectivity index (χ1) is 9.78. The Bertz CT molecular complexity index is 459. The van der Waals surface area contributed by atoms with Crippen molar-refractivity contribution in [3.63, 3.8) is 0 Å². The molecule has 0 fully saturated rings. The summed E-state index contributed by atoms with van der Waals surface area (Å²) in [6, 6.07) is 11.4. The van der Waals surface area contributed by atoms with Crippen molar-refractivity contribution in [1.82, 2.24) is 0 Å². The molecular weight excluding hydrogens is 268 g/mol. The minimum absolute atomic E-state index is 0.0861. The number of hydrogen-bond acceptors (Lipinski definition) is 3. The molecule has 1 aromatic rings. The lowest BCUT2D eigenvalue weighted by atomic mass is 9.97. The first-order valence-electron chi connectivity index (χ1n) is 7.10. The number of aryl methyl sites for hydroxylation is 1. The van der Waals surface area contributed by atoms with Gasteiger partial charge in [-0.15, -0.1) is 0 Å². The second-order valence-corrected chi connectivity index (χ2v) is 6.04. The molecule has 0 unspecified atom stereocenters. The largest absolute Gasteiger partial charge is 0.481 e. The third kappa shape index (κ3) is 7.36. The first kappa shape index (κ1) is 17.0. The normalized spacial score (nSPS) is 12.3. The van der Waals surface area contributed by atoms with Crippen LogP contribution in [0.15, 0.2) is 18.2 Å². The van der Waals surface area contributed by atoms with Gasteiger partial charge in [-0.1, -0.05) is 24.3 Å². The third-order valence-electron chi connectivity index (χ3n) is 2.89. The minimum atomic E-state index is -0.954. The van der Waals surface area contributed by atoms with Crippen molar-refractivity contribution >= 4 is 11.9 Å². The highest BCUT2D eigenvalue weighted by Crippen LogP contribution is 2.17. The van der Waals surface area contributed by atoms with Crippen LogP contribution in [0.1, 0.15) is 45.6 Å². The van der Waals surface area contributed by atoms with Gasteiger partial charge in [0.05, 0.1) is 12.3 Å². The highest BCUT2D eigenvalue weighted by Gasteiger charge is 2.24.